The predicted octanol–water partition coefficient (Wildman–Crippen LogP) is 4.01. The molecule has 0 bridgehead atoms. The molecule has 9 heteroatoms. The summed E-state index contributed by atoms with van der Waals surface area (Å²) in [5, 5.41) is 9.66. The summed E-state index contributed by atoms with van der Waals surface area (Å²) in [7, 11) is 0. The molecule has 0 saturated carbocycles. The molecule has 38 heavy (non-hydrogen) atoms. The zero-order valence-electron chi connectivity index (χ0n) is 22.1. The molecule has 2 aliphatic heterocycles. The topological polar surface area (TPSA) is 93.4 Å². The first-order valence-corrected chi connectivity index (χ1v) is 14.2. The summed E-state index contributed by atoms with van der Waals surface area (Å²) in [6.45, 7) is 9.03. The first kappa shape index (κ1) is 28.0. The lowest BCUT2D eigenvalue weighted by Crippen LogP contribution is -2.43. The second-order valence-electron chi connectivity index (χ2n) is 8.99. The van der Waals surface area contributed by atoms with Gasteiger partial charge in [0.05, 0.1) is 43.8 Å². The van der Waals surface area contributed by atoms with E-state index >= 15 is 0 Å². The molecule has 0 amide bonds. The number of hydrogen-bond donors (Lipinski definition) is 0. The van der Waals surface area contributed by atoms with Crippen LogP contribution in [0.3, 0.4) is 0 Å². The Morgan fingerprint density at radius 2 is 1.84 bits per heavy atom. The van der Waals surface area contributed by atoms with Gasteiger partial charge in [0.15, 0.2) is 11.5 Å². The second-order valence-corrected chi connectivity index (χ2v) is 10.1. The maximum atomic E-state index is 12.9. The molecule has 0 aromatic heterocycles. The maximum Gasteiger partial charge on any atom is 0.338 e. The quantitative estimate of drug-likeness (QED) is 0.375. The Kier molecular flexibility index (Phi) is 10.4. The van der Waals surface area contributed by atoms with Crippen LogP contribution in [0.2, 0.25) is 0 Å². The first-order chi connectivity index (χ1) is 18.6. The highest BCUT2D eigenvalue weighted by molar-refractivity contribution is 8.00. The highest BCUT2D eigenvalue weighted by Crippen LogP contribution is 2.35. The molecule has 0 spiro atoms. The number of carbonyl (C=O) groups is 1. The van der Waals surface area contributed by atoms with Crippen molar-refractivity contribution < 1.29 is 23.7 Å². The molecular weight excluding hydrogens is 502 g/mol. The van der Waals surface area contributed by atoms with Gasteiger partial charge < -0.3 is 18.9 Å². The first-order valence-electron chi connectivity index (χ1n) is 13.2. The molecule has 1 fully saturated rings. The van der Waals surface area contributed by atoms with Gasteiger partial charge in [0, 0.05) is 37.5 Å². The molecule has 2 aliphatic rings. The van der Waals surface area contributed by atoms with Crippen LogP contribution in [-0.4, -0.2) is 86.3 Å². The molecule has 2 heterocycles. The van der Waals surface area contributed by atoms with E-state index in [1.165, 1.54) is 11.8 Å². The van der Waals surface area contributed by atoms with Crippen LogP contribution in [0.5, 0.6) is 11.5 Å². The molecule has 8 nitrogen and oxygen atoms in total. The number of fused-ring (bicyclic) bond motifs is 1. The number of hydrogen-bond acceptors (Lipinski definition) is 9. The summed E-state index contributed by atoms with van der Waals surface area (Å²) < 4.78 is 23.1. The summed E-state index contributed by atoms with van der Waals surface area (Å²) in [4.78, 5) is 19.9. The minimum absolute atomic E-state index is 0.358. The van der Waals surface area contributed by atoms with Gasteiger partial charge in [0.25, 0.3) is 0 Å². The van der Waals surface area contributed by atoms with Crippen molar-refractivity contribution in [3.8, 4) is 17.6 Å². The minimum Gasteiger partial charge on any atom is -0.490 e. The van der Waals surface area contributed by atoms with E-state index in [9.17, 15) is 10.1 Å². The van der Waals surface area contributed by atoms with E-state index in [0.29, 0.717) is 62.3 Å². The van der Waals surface area contributed by atoms with Crippen molar-refractivity contribution in [3.63, 3.8) is 0 Å². The molecule has 2 aromatic carbocycles. The van der Waals surface area contributed by atoms with E-state index in [1.54, 1.807) is 12.1 Å². The van der Waals surface area contributed by atoms with Gasteiger partial charge in [0.1, 0.15) is 11.4 Å². The number of benzene rings is 2. The van der Waals surface area contributed by atoms with Crippen LogP contribution in [-0.2, 0) is 15.9 Å². The van der Waals surface area contributed by atoms with Gasteiger partial charge in [-0.1, -0.05) is 18.2 Å². The summed E-state index contributed by atoms with van der Waals surface area (Å²) in [5.74, 6) is 1.49. The van der Waals surface area contributed by atoms with E-state index in [-0.39, 0.29) is 12.1 Å². The van der Waals surface area contributed by atoms with Gasteiger partial charge in [-0.15, -0.1) is 11.8 Å². The van der Waals surface area contributed by atoms with Gasteiger partial charge in [0.2, 0.25) is 0 Å². The van der Waals surface area contributed by atoms with Crippen LogP contribution in [0.15, 0.2) is 47.5 Å². The molecule has 202 valence electrons. The molecule has 2 aromatic rings. The number of carbonyl (C=O) groups excluding carboxylic acids is 1. The average molecular weight is 538 g/mol. The fourth-order valence-corrected chi connectivity index (χ4v) is 5.57. The molecule has 4 rings (SSSR count). The lowest BCUT2D eigenvalue weighted by molar-refractivity contribution is 0.00148. The molecular formula is C29H35N3O5S. The molecule has 2 unspecified atom stereocenters. The highest BCUT2D eigenvalue weighted by Gasteiger charge is 2.28. The van der Waals surface area contributed by atoms with Crippen molar-refractivity contribution in [1.29, 1.82) is 5.26 Å². The lowest BCUT2D eigenvalue weighted by atomic mass is 9.95. The van der Waals surface area contributed by atoms with Gasteiger partial charge in [-0.25, -0.2) is 4.79 Å². The summed E-state index contributed by atoms with van der Waals surface area (Å²) >= 11 is 1.46. The van der Waals surface area contributed by atoms with Crippen molar-refractivity contribution in [2.24, 2.45) is 4.99 Å². The fraction of sp³-hybridized carbons (Fsp3) is 0.483. The zero-order valence-corrected chi connectivity index (χ0v) is 22.9. The third-order valence-corrected chi connectivity index (χ3v) is 7.60. The van der Waals surface area contributed by atoms with Gasteiger partial charge in [-0.05, 0) is 50.1 Å². The Hall–Kier alpha value is -3.06. The predicted molar refractivity (Wildman–Crippen MR) is 149 cm³/mol. The molecule has 1 saturated heterocycles. The minimum atomic E-state index is -0.510. The van der Waals surface area contributed by atoms with Crippen LogP contribution in [0.1, 0.15) is 35.3 Å². The van der Waals surface area contributed by atoms with Crippen molar-refractivity contribution in [2.75, 3.05) is 58.4 Å². The maximum absolute atomic E-state index is 12.9. The number of nitriles is 1. The average Bonchev–Trinajstić information content (AvgIpc) is 2.95. The number of ether oxygens (including phenoxy) is 4. The number of aliphatic imine (C=N–C) groups is 1. The third kappa shape index (κ3) is 7.28. The van der Waals surface area contributed by atoms with E-state index in [4.69, 9.17) is 23.9 Å². The zero-order chi connectivity index (χ0) is 26.7. The Balaban J connectivity index is 1.51. The summed E-state index contributed by atoms with van der Waals surface area (Å²) in [6, 6.07) is 15.4. The summed E-state index contributed by atoms with van der Waals surface area (Å²) in [5.41, 5.74) is 3.28. The number of thioether (sulfide) groups is 1. The smallest absolute Gasteiger partial charge is 0.338 e. The number of rotatable bonds is 12. The molecule has 0 aliphatic carbocycles. The SMILES string of the molecule is CCOc1cc2c(cc1OCC)C(C(C#N)SCC(CN1CCOCC1)OC(=O)c1ccccc1)=NCC2. The highest BCUT2D eigenvalue weighted by atomic mass is 32.2. The Bertz CT molecular complexity index is 1140. The van der Waals surface area contributed by atoms with Crippen LogP contribution in [0.25, 0.3) is 0 Å². The largest absolute Gasteiger partial charge is 0.490 e. The lowest BCUT2D eigenvalue weighted by Gasteiger charge is -2.30. The van der Waals surface area contributed by atoms with E-state index in [0.717, 1.165) is 36.3 Å². The monoisotopic (exact) mass is 537 g/mol. The fourth-order valence-electron chi connectivity index (χ4n) is 4.56. The Labute approximate surface area is 228 Å². The molecule has 0 N–H and O–H groups in total. The molecule has 2 atom stereocenters. The van der Waals surface area contributed by atoms with E-state index in [2.05, 4.69) is 11.0 Å². The number of morpholine rings is 1. The van der Waals surface area contributed by atoms with Crippen LogP contribution in [0.4, 0.5) is 0 Å². The number of nitrogens with zero attached hydrogens (tertiary/aromatic N) is 3. The van der Waals surface area contributed by atoms with Gasteiger partial charge in [-0.3, -0.25) is 9.89 Å². The van der Waals surface area contributed by atoms with Crippen molar-refractivity contribution in [2.45, 2.75) is 31.6 Å². The van der Waals surface area contributed by atoms with Crippen molar-refractivity contribution in [3.05, 3.63) is 59.2 Å². The van der Waals surface area contributed by atoms with E-state index < -0.39 is 5.25 Å². The van der Waals surface area contributed by atoms with Crippen LogP contribution >= 0.6 is 11.8 Å². The standard InChI is InChI=1S/C29H35N3O5S/c1-3-35-25-16-22-10-11-31-28(24(22)17-26(25)36-4-2)27(18-30)38-20-23(19-32-12-14-34-15-13-32)37-29(33)21-8-6-5-7-9-21/h5-9,16-17,23,27H,3-4,10-15,19-20H2,1-2H3. The normalized spacial score (nSPS) is 16.9. The van der Waals surface area contributed by atoms with Crippen LogP contribution < -0.4 is 9.47 Å². The van der Waals surface area contributed by atoms with Gasteiger partial charge >= 0.3 is 5.97 Å². The van der Waals surface area contributed by atoms with Gasteiger partial charge in [-0.2, -0.15) is 5.26 Å². The van der Waals surface area contributed by atoms with Crippen molar-refractivity contribution >= 4 is 23.4 Å². The Morgan fingerprint density at radius 3 is 2.53 bits per heavy atom. The van der Waals surface area contributed by atoms with Crippen molar-refractivity contribution in [1.82, 2.24) is 4.90 Å². The van der Waals surface area contributed by atoms with Crippen LogP contribution in [0, 0.1) is 11.3 Å². The molecule has 0 radical (unpaired) electrons. The summed E-state index contributed by atoms with van der Waals surface area (Å²) in [6.07, 6.45) is 0.396. The van der Waals surface area contributed by atoms with E-state index in [1.807, 2.05) is 44.2 Å². The number of esters is 1. The second kappa shape index (κ2) is 14.2. The Morgan fingerprint density at radius 1 is 1.13 bits per heavy atom. The third-order valence-electron chi connectivity index (χ3n) is 6.37.